The molecule has 2 amide bonds. The van der Waals surface area contributed by atoms with E-state index in [-0.39, 0.29) is 23.5 Å². The summed E-state index contributed by atoms with van der Waals surface area (Å²) >= 11 is 0. The summed E-state index contributed by atoms with van der Waals surface area (Å²) in [5, 5.41) is 16.7. The van der Waals surface area contributed by atoms with Crippen molar-refractivity contribution < 1.29 is 19.1 Å². The van der Waals surface area contributed by atoms with Crippen molar-refractivity contribution in [3.63, 3.8) is 0 Å². The average Bonchev–Trinajstić information content (AvgIpc) is 2.92. The molecule has 0 aliphatic rings. The third-order valence-corrected chi connectivity index (χ3v) is 11.1. The van der Waals surface area contributed by atoms with E-state index in [4.69, 9.17) is 4.43 Å². The van der Waals surface area contributed by atoms with E-state index in [0.29, 0.717) is 19.3 Å². The number of benzene rings is 3. The molecule has 0 radical (unpaired) electrons. The number of hydrogen-bond acceptors (Lipinski definition) is 4. The molecule has 0 fully saturated rings. The van der Waals surface area contributed by atoms with E-state index in [1.165, 1.54) is 10.4 Å². The maximum absolute atomic E-state index is 10.6. The van der Waals surface area contributed by atoms with Crippen LogP contribution < -0.4 is 25.4 Å². The van der Waals surface area contributed by atoms with Gasteiger partial charge in [-0.3, -0.25) is 9.59 Å². The quantitative estimate of drug-likeness (QED) is 0.375. The molecule has 0 unspecified atom stereocenters. The van der Waals surface area contributed by atoms with Crippen molar-refractivity contribution in [2.75, 3.05) is 14.1 Å². The number of aliphatic hydroxyl groups is 1. The number of rotatable bonds is 9. The molecule has 0 saturated heterocycles. The van der Waals surface area contributed by atoms with Crippen molar-refractivity contribution in [1.82, 2.24) is 10.6 Å². The molecule has 3 rings (SSSR count). The molecule has 0 saturated carbocycles. The summed E-state index contributed by atoms with van der Waals surface area (Å²) in [6, 6.07) is 29.0. The summed E-state index contributed by atoms with van der Waals surface area (Å²) in [4.78, 5) is 21.3. The van der Waals surface area contributed by atoms with E-state index in [1.54, 1.807) is 14.1 Å². The monoisotopic (exact) mass is 520 g/mol. The highest BCUT2D eigenvalue weighted by Gasteiger charge is 2.52. The fourth-order valence-corrected chi connectivity index (χ4v) is 8.57. The van der Waals surface area contributed by atoms with Gasteiger partial charge in [0.15, 0.2) is 0 Å². The Kier molecular flexibility index (Phi) is 11.6. The zero-order valence-corrected chi connectivity index (χ0v) is 23.6. The Bertz CT molecular complexity index is 1040. The van der Waals surface area contributed by atoms with Crippen molar-refractivity contribution >= 4 is 30.5 Å². The van der Waals surface area contributed by atoms with Crippen molar-refractivity contribution in [3.8, 4) is 5.75 Å². The Hall–Kier alpha value is -3.42. The lowest BCUT2D eigenvalue weighted by atomic mass is 10.2. The Morgan fingerprint density at radius 2 is 1.19 bits per heavy atom. The molecule has 0 bridgehead atoms. The first-order valence-electron chi connectivity index (χ1n) is 12.6. The van der Waals surface area contributed by atoms with Crippen LogP contribution in [0.1, 0.15) is 45.6 Å². The van der Waals surface area contributed by atoms with Gasteiger partial charge in [0.25, 0.3) is 0 Å². The van der Waals surface area contributed by atoms with E-state index >= 15 is 0 Å². The highest BCUT2D eigenvalue weighted by Crippen LogP contribution is 2.37. The Labute approximate surface area is 222 Å². The molecule has 0 aliphatic carbocycles. The van der Waals surface area contributed by atoms with Gasteiger partial charge in [-0.1, -0.05) is 93.6 Å². The molecule has 0 heterocycles. The maximum Gasteiger partial charge on any atom is 0.319 e. The van der Waals surface area contributed by atoms with Gasteiger partial charge >= 0.3 is 8.32 Å². The number of nitrogens with one attached hydrogen (secondary N) is 2. The lowest BCUT2D eigenvalue weighted by molar-refractivity contribution is -0.121. The first-order valence-corrected chi connectivity index (χ1v) is 14.5. The minimum absolute atomic E-state index is 0.0195. The van der Waals surface area contributed by atoms with Crippen LogP contribution in [0.25, 0.3) is 0 Å². The van der Waals surface area contributed by atoms with Crippen LogP contribution in [0.2, 0.25) is 5.04 Å². The van der Waals surface area contributed by atoms with Gasteiger partial charge in [-0.25, -0.2) is 0 Å². The van der Waals surface area contributed by atoms with Crippen LogP contribution in [0.4, 0.5) is 0 Å². The first kappa shape index (κ1) is 29.8. The van der Waals surface area contributed by atoms with Crippen LogP contribution in [0.3, 0.4) is 0 Å². The predicted octanol–water partition coefficient (Wildman–Crippen LogP) is 3.77. The molecule has 6 nitrogen and oxygen atoms in total. The summed E-state index contributed by atoms with van der Waals surface area (Å²) in [5.41, 5.74) is 0.889. The van der Waals surface area contributed by atoms with Crippen LogP contribution in [-0.2, 0) is 16.2 Å². The third-order valence-electron chi connectivity index (χ3n) is 6.16. The summed E-state index contributed by atoms with van der Waals surface area (Å²) in [6.45, 7) is 6.84. The third kappa shape index (κ3) is 8.30. The zero-order chi connectivity index (χ0) is 27.3. The highest BCUT2D eigenvalue weighted by molar-refractivity contribution is 7.00. The van der Waals surface area contributed by atoms with Gasteiger partial charge in [-0.05, 0) is 39.5 Å². The zero-order valence-electron chi connectivity index (χ0n) is 22.6. The minimum atomic E-state index is -2.58. The standard InChI is InChI=1S/C23H26O2Si.C7H14N2O2/c1-23(2,3)26(21-10-6-4-7-11-21,22-12-8-5-9-13-22)25-20-16-14-19(18-24)15-17-20;1-8-6(10)4-3-5-7(11)9-2/h4-17,24H,18H2,1-3H3;3-5H2,1-2H3,(H,8,10)(H,9,11). The molecule has 0 atom stereocenters. The van der Waals surface area contributed by atoms with E-state index in [2.05, 4.69) is 79.9 Å². The molecular weight excluding hydrogens is 480 g/mol. The summed E-state index contributed by atoms with van der Waals surface area (Å²) in [7, 11) is 0.591. The van der Waals surface area contributed by atoms with Crippen molar-refractivity contribution in [2.24, 2.45) is 0 Å². The van der Waals surface area contributed by atoms with Crippen LogP contribution >= 0.6 is 0 Å². The second-order valence-electron chi connectivity index (χ2n) is 9.77. The highest BCUT2D eigenvalue weighted by atomic mass is 28.4. The Morgan fingerprint density at radius 3 is 1.54 bits per heavy atom. The van der Waals surface area contributed by atoms with Gasteiger partial charge in [0.05, 0.1) is 6.61 Å². The van der Waals surface area contributed by atoms with Gasteiger partial charge in [0.2, 0.25) is 11.8 Å². The number of carbonyl (C=O) groups excluding carboxylic acids is 2. The SMILES string of the molecule is CC(C)(C)[Si](Oc1ccc(CO)cc1)(c1ccccc1)c1ccccc1.CNC(=O)CCCC(=O)NC. The molecule has 7 heteroatoms. The van der Waals surface area contributed by atoms with Gasteiger partial charge in [-0.2, -0.15) is 0 Å². The van der Waals surface area contributed by atoms with Gasteiger partial charge < -0.3 is 20.2 Å². The number of amides is 2. The van der Waals surface area contributed by atoms with Gasteiger partial charge in [0.1, 0.15) is 5.75 Å². The van der Waals surface area contributed by atoms with Crippen molar-refractivity contribution in [1.29, 1.82) is 0 Å². The van der Waals surface area contributed by atoms with E-state index in [0.717, 1.165) is 11.3 Å². The molecule has 0 aromatic heterocycles. The maximum atomic E-state index is 10.6. The fourth-order valence-electron chi connectivity index (χ4n) is 4.15. The first-order chi connectivity index (χ1) is 17.7. The second kappa shape index (κ2) is 14.4. The molecule has 198 valence electrons. The van der Waals surface area contributed by atoms with Crippen LogP contribution in [0.5, 0.6) is 5.75 Å². The largest absolute Gasteiger partial charge is 0.534 e. The van der Waals surface area contributed by atoms with E-state index in [9.17, 15) is 14.7 Å². The summed E-state index contributed by atoms with van der Waals surface area (Å²) in [6.07, 6.45) is 1.45. The molecule has 3 aromatic carbocycles. The number of hydrogen-bond donors (Lipinski definition) is 3. The number of carbonyl (C=O) groups is 2. The molecule has 37 heavy (non-hydrogen) atoms. The summed E-state index contributed by atoms with van der Waals surface area (Å²) < 4.78 is 6.90. The Morgan fingerprint density at radius 1 is 0.757 bits per heavy atom. The van der Waals surface area contributed by atoms with Crippen molar-refractivity contribution in [3.05, 3.63) is 90.5 Å². The van der Waals surface area contributed by atoms with Crippen molar-refractivity contribution in [2.45, 2.75) is 51.7 Å². The second-order valence-corrected chi connectivity index (χ2v) is 14.0. The minimum Gasteiger partial charge on any atom is -0.534 e. The molecule has 0 spiro atoms. The topological polar surface area (TPSA) is 87.7 Å². The molecular formula is C30H40N2O4Si. The molecule has 3 N–H and O–H groups in total. The van der Waals surface area contributed by atoms with Crippen LogP contribution in [-0.4, -0.2) is 39.3 Å². The van der Waals surface area contributed by atoms with E-state index in [1.807, 2.05) is 36.4 Å². The lowest BCUT2D eigenvalue weighted by Crippen LogP contribution is -2.68. The molecule has 0 aliphatic heterocycles. The lowest BCUT2D eigenvalue weighted by Gasteiger charge is -2.43. The smallest absolute Gasteiger partial charge is 0.319 e. The number of aliphatic hydroxyl groups excluding tert-OH is 1. The van der Waals surface area contributed by atoms with Crippen LogP contribution in [0.15, 0.2) is 84.9 Å². The van der Waals surface area contributed by atoms with Crippen LogP contribution in [0, 0.1) is 0 Å². The average molecular weight is 521 g/mol. The normalized spacial score (nSPS) is 11.1. The summed E-state index contributed by atoms with van der Waals surface area (Å²) in [5.74, 6) is 0.805. The molecule has 3 aromatic rings. The predicted molar refractivity (Wildman–Crippen MR) is 153 cm³/mol. The van der Waals surface area contributed by atoms with Gasteiger partial charge in [-0.15, -0.1) is 0 Å². The van der Waals surface area contributed by atoms with Gasteiger partial charge in [0, 0.05) is 26.9 Å². The van der Waals surface area contributed by atoms with E-state index < -0.39 is 8.32 Å². The Balaban J connectivity index is 0.000000371. The fraction of sp³-hybridized carbons (Fsp3) is 0.333.